The molecule has 1 aliphatic heterocycles. The molecule has 0 saturated carbocycles. The van der Waals surface area contributed by atoms with Gasteiger partial charge in [0.2, 0.25) is 11.8 Å². The molecule has 0 spiro atoms. The molecule has 1 saturated heterocycles. The highest BCUT2D eigenvalue weighted by Crippen LogP contribution is 2.17. The van der Waals surface area contributed by atoms with Crippen LogP contribution in [0.5, 0.6) is 5.75 Å². The summed E-state index contributed by atoms with van der Waals surface area (Å²) in [7, 11) is 0. The second-order valence-corrected chi connectivity index (χ2v) is 6.04. The summed E-state index contributed by atoms with van der Waals surface area (Å²) in [6.07, 6.45) is 2.42. The zero-order valence-electron chi connectivity index (χ0n) is 14.5. The van der Waals surface area contributed by atoms with Crippen molar-refractivity contribution >= 4 is 17.7 Å². The van der Waals surface area contributed by atoms with Gasteiger partial charge in [0.15, 0.2) is 6.61 Å². The van der Waals surface area contributed by atoms with Gasteiger partial charge in [0.05, 0.1) is 0 Å². The van der Waals surface area contributed by atoms with Crippen LogP contribution >= 0.6 is 0 Å². The van der Waals surface area contributed by atoms with Gasteiger partial charge in [-0.3, -0.25) is 14.4 Å². The number of carbonyl (C=O) groups is 3. The van der Waals surface area contributed by atoms with Crippen LogP contribution in [0.1, 0.15) is 31.7 Å². The number of primary amides is 1. The van der Waals surface area contributed by atoms with Gasteiger partial charge in [-0.05, 0) is 37.0 Å². The van der Waals surface area contributed by atoms with E-state index < -0.39 is 11.9 Å². The Morgan fingerprint density at radius 2 is 2.16 bits per heavy atom. The fourth-order valence-corrected chi connectivity index (χ4v) is 2.87. The number of likely N-dealkylation sites (tertiary alicyclic amines) is 1. The van der Waals surface area contributed by atoms with Crippen molar-refractivity contribution in [3.8, 4) is 5.75 Å². The number of nitrogens with one attached hydrogen (secondary N) is 1. The Labute approximate surface area is 147 Å². The first-order chi connectivity index (χ1) is 12.0. The third-order valence-corrected chi connectivity index (χ3v) is 4.24. The predicted octanol–water partition coefficient (Wildman–Crippen LogP) is 0.610. The molecule has 2 rings (SSSR count). The number of amides is 3. The van der Waals surface area contributed by atoms with Gasteiger partial charge in [0, 0.05) is 19.5 Å². The molecular weight excluding hydrogens is 322 g/mol. The fourth-order valence-electron chi connectivity index (χ4n) is 2.87. The van der Waals surface area contributed by atoms with Gasteiger partial charge in [0.25, 0.3) is 5.91 Å². The molecule has 136 valence electrons. The number of hydrogen-bond acceptors (Lipinski definition) is 4. The topological polar surface area (TPSA) is 102 Å². The van der Waals surface area contributed by atoms with Gasteiger partial charge >= 0.3 is 0 Å². The van der Waals surface area contributed by atoms with Crippen molar-refractivity contribution in [1.82, 2.24) is 10.2 Å². The second-order valence-electron chi connectivity index (χ2n) is 6.04. The van der Waals surface area contributed by atoms with Crippen LogP contribution in [-0.4, -0.2) is 48.4 Å². The van der Waals surface area contributed by atoms with Gasteiger partial charge in [-0.2, -0.15) is 0 Å². The monoisotopic (exact) mass is 347 g/mol. The number of rotatable bonds is 8. The van der Waals surface area contributed by atoms with Crippen molar-refractivity contribution in [2.45, 2.75) is 38.6 Å². The summed E-state index contributed by atoms with van der Waals surface area (Å²) in [5, 5.41) is 2.65. The summed E-state index contributed by atoms with van der Waals surface area (Å²) >= 11 is 0. The molecule has 1 unspecified atom stereocenters. The number of ether oxygens (including phenoxy) is 1. The highest BCUT2D eigenvalue weighted by molar-refractivity contribution is 5.87. The summed E-state index contributed by atoms with van der Waals surface area (Å²) in [5.74, 6) is -0.287. The van der Waals surface area contributed by atoms with Crippen molar-refractivity contribution in [3.63, 3.8) is 0 Å². The second kappa shape index (κ2) is 9.05. The van der Waals surface area contributed by atoms with E-state index in [0.717, 1.165) is 18.4 Å². The molecule has 1 atom stereocenters. The van der Waals surface area contributed by atoms with Crippen molar-refractivity contribution in [3.05, 3.63) is 29.8 Å². The first kappa shape index (κ1) is 18.8. The molecule has 0 radical (unpaired) electrons. The number of nitrogens with zero attached hydrogens (tertiary/aromatic N) is 1. The highest BCUT2D eigenvalue weighted by Gasteiger charge is 2.32. The first-order valence-electron chi connectivity index (χ1n) is 8.58. The maximum atomic E-state index is 12.1. The van der Waals surface area contributed by atoms with Crippen molar-refractivity contribution in [1.29, 1.82) is 0 Å². The largest absolute Gasteiger partial charge is 0.484 e. The normalized spacial score (nSPS) is 16.5. The minimum Gasteiger partial charge on any atom is -0.484 e. The Balaban J connectivity index is 1.69. The van der Waals surface area contributed by atoms with E-state index in [1.807, 2.05) is 25.1 Å². The van der Waals surface area contributed by atoms with Gasteiger partial charge in [-0.25, -0.2) is 0 Å². The van der Waals surface area contributed by atoms with Crippen molar-refractivity contribution < 1.29 is 19.1 Å². The van der Waals surface area contributed by atoms with Crippen LogP contribution < -0.4 is 15.8 Å². The molecule has 7 nitrogen and oxygen atoms in total. The Morgan fingerprint density at radius 3 is 2.88 bits per heavy atom. The first-order valence-corrected chi connectivity index (χ1v) is 8.58. The summed E-state index contributed by atoms with van der Waals surface area (Å²) in [4.78, 5) is 36.7. The minimum absolute atomic E-state index is 0.102. The zero-order chi connectivity index (χ0) is 18.2. The van der Waals surface area contributed by atoms with E-state index in [0.29, 0.717) is 18.7 Å². The Hall–Kier alpha value is -2.57. The van der Waals surface area contributed by atoms with E-state index in [4.69, 9.17) is 10.5 Å². The van der Waals surface area contributed by atoms with E-state index in [1.165, 1.54) is 4.90 Å². The summed E-state index contributed by atoms with van der Waals surface area (Å²) < 4.78 is 5.45. The number of nitrogens with two attached hydrogens (primary N) is 1. The van der Waals surface area contributed by atoms with E-state index in [1.54, 1.807) is 6.07 Å². The van der Waals surface area contributed by atoms with Crippen LogP contribution in [-0.2, 0) is 20.8 Å². The lowest BCUT2D eigenvalue weighted by Crippen LogP contribution is -2.44. The molecule has 1 aromatic carbocycles. The quantitative estimate of drug-likeness (QED) is 0.719. The SMILES string of the molecule is CCc1cccc(OCC(=O)NCCC(=O)N2CCCC2C(N)=O)c1. The molecule has 0 bridgehead atoms. The van der Waals surface area contributed by atoms with Crippen LogP contribution in [0.25, 0.3) is 0 Å². The Kier molecular flexibility index (Phi) is 6.80. The molecular formula is C18H25N3O4. The average Bonchev–Trinajstić information content (AvgIpc) is 3.10. The molecule has 0 aromatic heterocycles. The Bertz CT molecular complexity index is 633. The minimum atomic E-state index is -0.516. The summed E-state index contributed by atoms with van der Waals surface area (Å²) in [6, 6.07) is 7.06. The molecule has 25 heavy (non-hydrogen) atoms. The number of hydrogen-bond donors (Lipinski definition) is 2. The number of benzene rings is 1. The van der Waals surface area contributed by atoms with E-state index >= 15 is 0 Å². The molecule has 3 amide bonds. The van der Waals surface area contributed by atoms with Crippen LogP contribution in [0.4, 0.5) is 0 Å². The molecule has 1 fully saturated rings. The standard InChI is InChI=1S/C18H25N3O4/c1-2-13-5-3-6-14(11-13)25-12-16(22)20-9-8-17(23)21-10-4-7-15(21)18(19)24/h3,5-6,11,15H,2,4,7-10,12H2,1H3,(H2,19,24)(H,20,22). The van der Waals surface area contributed by atoms with E-state index in [2.05, 4.69) is 5.32 Å². The molecule has 1 heterocycles. The fraction of sp³-hybridized carbons (Fsp3) is 0.500. The lowest BCUT2D eigenvalue weighted by Gasteiger charge is -2.22. The van der Waals surface area contributed by atoms with Crippen LogP contribution in [0.15, 0.2) is 24.3 Å². The van der Waals surface area contributed by atoms with Gasteiger partial charge in [-0.1, -0.05) is 19.1 Å². The highest BCUT2D eigenvalue weighted by atomic mass is 16.5. The Morgan fingerprint density at radius 1 is 1.36 bits per heavy atom. The van der Waals surface area contributed by atoms with Crippen molar-refractivity contribution in [2.24, 2.45) is 5.73 Å². The van der Waals surface area contributed by atoms with Gasteiger partial charge in [-0.15, -0.1) is 0 Å². The third kappa shape index (κ3) is 5.48. The van der Waals surface area contributed by atoms with E-state index in [9.17, 15) is 14.4 Å². The van der Waals surface area contributed by atoms with Crippen LogP contribution in [0, 0.1) is 0 Å². The number of carbonyl (C=O) groups excluding carboxylic acids is 3. The number of aryl methyl sites for hydroxylation is 1. The molecule has 0 aliphatic carbocycles. The summed E-state index contributed by atoms with van der Waals surface area (Å²) in [6.45, 7) is 2.69. The van der Waals surface area contributed by atoms with Crippen LogP contribution in [0.2, 0.25) is 0 Å². The molecule has 7 heteroatoms. The average molecular weight is 347 g/mol. The molecule has 1 aromatic rings. The lowest BCUT2D eigenvalue weighted by molar-refractivity contribution is -0.137. The van der Waals surface area contributed by atoms with Gasteiger partial charge in [0.1, 0.15) is 11.8 Å². The summed E-state index contributed by atoms with van der Waals surface area (Å²) in [5.41, 5.74) is 6.44. The zero-order valence-corrected chi connectivity index (χ0v) is 14.5. The maximum absolute atomic E-state index is 12.1. The van der Waals surface area contributed by atoms with Crippen LogP contribution in [0.3, 0.4) is 0 Å². The predicted molar refractivity (Wildman–Crippen MR) is 92.9 cm³/mol. The maximum Gasteiger partial charge on any atom is 0.257 e. The molecule has 1 aliphatic rings. The smallest absolute Gasteiger partial charge is 0.257 e. The van der Waals surface area contributed by atoms with Gasteiger partial charge < -0.3 is 20.7 Å². The van der Waals surface area contributed by atoms with E-state index in [-0.39, 0.29) is 31.4 Å². The third-order valence-electron chi connectivity index (χ3n) is 4.24. The lowest BCUT2D eigenvalue weighted by atomic mass is 10.2. The van der Waals surface area contributed by atoms with Crippen molar-refractivity contribution in [2.75, 3.05) is 19.7 Å². The molecule has 3 N–H and O–H groups in total.